The van der Waals surface area contributed by atoms with Gasteiger partial charge in [-0.05, 0) is 24.3 Å². The van der Waals surface area contributed by atoms with Crippen LogP contribution in [0.15, 0.2) is 48.5 Å². The summed E-state index contributed by atoms with van der Waals surface area (Å²) >= 11 is 5.72. The predicted octanol–water partition coefficient (Wildman–Crippen LogP) is 2.40. The Morgan fingerprint density at radius 1 is 1.08 bits per heavy atom. The van der Waals surface area contributed by atoms with Crippen molar-refractivity contribution in [1.82, 2.24) is 5.32 Å². The SMILES string of the molecule is O=C(CNC(=O)c1ccc(Cl)cc1)OCC(=O)c1cccc([N+](=O)[O-])c1. The highest BCUT2D eigenvalue weighted by Crippen LogP contribution is 2.13. The fourth-order valence-corrected chi connectivity index (χ4v) is 2.06. The summed E-state index contributed by atoms with van der Waals surface area (Å²) in [5.41, 5.74) is 0.129. The quantitative estimate of drug-likeness (QED) is 0.343. The fourth-order valence-electron chi connectivity index (χ4n) is 1.93. The lowest BCUT2D eigenvalue weighted by Gasteiger charge is -2.06. The molecule has 0 bridgehead atoms. The number of ether oxygens (including phenoxy) is 1. The Balaban J connectivity index is 1.82. The summed E-state index contributed by atoms with van der Waals surface area (Å²) in [6.07, 6.45) is 0. The molecule has 0 atom stereocenters. The fraction of sp³-hybridized carbons (Fsp3) is 0.118. The number of nitro benzene ring substituents is 1. The molecule has 1 amide bonds. The van der Waals surface area contributed by atoms with E-state index in [1.807, 2.05) is 0 Å². The van der Waals surface area contributed by atoms with Crippen molar-refractivity contribution in [2.45, 2.75) is 0 Å². The van der Waals surface area contributed by atoms with Crippen LogP contribution in [0.4, 0.5) is 5.69 Å². The molecule has 2 aromatic carbocycles. The molecule has 8 nitrogen and oxygen atoms in total. The minimum absolute atomic E-state index is 0.0530. The molecular weight excluding hydrogens is 364 g/mol. The van der Waals surface area contributed by atoms with Gasteiger partial charge in [0.15, 0.2) is 6.61 Å². The number of benzene rings is 2. The Hall–Kier alpha value is -3.26. The van der Waals surface area contributed by atoms with Gasteiger partial charge in [0.2, 0.25) is 5.78 Å². The number of non-ortho nitro benzene ring substituents is 1. The number of halogens is 1. The zero-order valence-corrected chi connectivity index (χ0v) is 14.1. The van der Waals surface area contributed by atoms with E-state index in [0.29, 0.717) is 10.6 Å². The molecule has 0 saturated carbocycles. The molecule has 1 N–H and O–H groups in total. The van der Waals surface area contributed by atoms with Crippen molar-refractivity contribution in [1.29, 1.82) is 0 Å². The summed E-state index contributed by atoms with van der Waals surface area (Å²) in [6, 6.07) is 11.1. The molecule has 0 radical (unpaired) electrons. The number of carbonyl (C=O) groups is 3. The van der Waals surface area contributed by atoms with Crippen LogP contribution in [-0.2, 0) is 9.53 Å². The van der Waals surface area contributed by atoms with Crippen LogP contribution in [0.1, 0.15) is 20.7 Å². The summed E-state index contributed by atoms with van der Waals surface area (Å²) in [7, 11) is 0. The Kier molecular flexibility index (Phi) is 6.40. The lowest BCUT2D eigenvalue weighted by Crippen LogP contribution is -2.31. The summed E-state index contributed by atoms with van der Waals surface area (Å²) in [5.74, 6) is -1.90. The van der Waals surface area contributed by atoms with E-state index in [2.05, 4.69) is 5.32 Å². The molecule has 26 heavy (non-hydrogen) atoms. The average Bonchev–Trinajstić information content (AvgIpc) is 2.64. The van der Waals surface area contributed by atoms with Crippen molar-refractivity contribution < 1.29 is 24.0 Å². The highest BCUT2D eigenvalue weighted by atomic mass is 35.5. The second-order valence-electron chi connectivity index (χ2n) is 5.08. The molecule has 0 aromatic heterocycles. The number of esters is 1. The van der Waals surface area contributed by atoms with Crippen molar-refractivity contribution >= 4 is 34.9 Å². The Morgan fingerprint density at radius 3 is 2.42 bits per heavy atom. The lowest BCUT2D eigenvalue weighted by atomic mass is 10.1. The summed E-state index contributed by atoms with van der Waals surface area (Å²) < 4.78 is 4.77. The van der Waals surface area contributed by atoms with Gasteiger partial charge in [0.05, 0.1) is 4.92 Å². The van der Waals surface area contributed by atoms with Crippen molar-refractivity contribution in [2.75, 3.05) is 13.2 Å². The monoisotopic (exact) mass is 376 g/mol. The van der Waals surface area contributed by atoms with E-state index in [1.54, 1.807) is 0 Å². The number of rotatable bonds is 7. The van der Waals surface area contributed by atoms with Gasteiger partial charge in [-0.25, -0.2) is 0 Å². The van der Waals surface area contributed by atoms with Crippen LogP contribution in [0.3, 0.4) is 0 Å². The number of nitrogens with zero attached hydrogens (tertiary/aromatic N) is 1. The molecule has 0 fully saturated rings. The number of nitro groups is 1. The highest BCUT2D eigenvalue weighted by molar-refractivity contribution is 6.30. The minimum Gasteiger partial charge on any atom is -0.456 e. The van der Waals surface area contributed by atoms with Gasteiger partial charge in [-0.1, -0.05) is 23.7 Å². The maximum atomic E-state index is 11.9. The van der Waals surface area contributed by atoms with E-state index in [4.69, 9.17) is 16.3 Å². The van der Waals surface area contributed by atoms with E-state index in [1.165, 1.54) is 42.5 Å². The number of carbonyl (C=O) groups excluding carboxylic acids is 3. The van der Waals surface area contributed by atoms with Crippen LogP contribution in [0.5, 0.6) is 0 Å². The standard InChI is InChI=1S/C17H13ClN2O6/c18-13-6-4-11(5-7-13)17(23)19-9-16(22)26-10-15(21)12-2-1-3-14(8-12)20(24)25/h1-8H,9-10H2,(H,19,23). The number of amides is 1. The van der Waals surface area contributed by atoms with Crippen LogP contribution in [0, 0.1) is 10.1 Å². The molecule has 0 heterocycles. The largest absolute Gasteiger partial charge is 0.456 e. The second-order valence-corrected chi connectivity index (χ2v) is 5.52. The number of hydrogen-bond donors (Lipinski definition) is 1. The lowest BCUT2D eigenvalue weighted by molar-refractivity contribution is -0.384. The maximum absolute atomic E-state index is 11.9. The first-order valence-electron chi connectivity index (χ1n) is 7.34. The maximum Gasteiger partial charge on any atom is 0.325 e. The Labute approximate surface area is 152 Å². The van der Waals surface area contributed by atoms with Crippen molar-refractivity contribution in [2.24, 2.45) is 0 Å². The van der Waals surface area contributed by atoms with Gasteiger partial charge >= 0.3 is 5.97 Å². The molecule has 0 aliphatic heterocycles. The van der Waals surface area contributed by atoms with Crippen molar-refractivity contribution in [3.63, 3.8) is 0 Å². The predicted molar refractivity (Wildman–Crippen MR) is 92.2 cm³/mol. The van der Waals surface area contributed by atoms with E-state index < -0.39 is 35.7 Å². The molecule has 2 rings (SSSR count). The Bertz CT molecular complexity index is 851. The van der Waals surface area contributed by atoms with Gasteiger partial charge in [-0.15, -0.1) is 0 Å². The zero-order chi connectivity index (χ0) is 19.1. The molecule has 0 unspecified atom stereocenters. The number of nitrogens with one attached hydrogen (secondary N) is 1. The van der Waals surface area contributed by atoms with Crippen LogP contribution >= 0.6 is 11.6 Å². The van der Waals surface area contributed by atoms with Crippen LogP contribution < -0.4 is 5.32 Å². The third kappa shape index (κ3) is 5.38. The minimum atomic E-state index is -0.814. The molecule has 0 spiro atoms. The van der Waals surface area contributed by atoms with E-state index in [-0.39, 0.29) is 11.3 Å². The Morgan fingerprint density at radius 2 is 1.77 bits per heavy atom. The first-order chi connectivity index (χ1) is 12.4. The third-order valence-corrected chi connectivity index (χ3v) is 3.49. The smallest absolute Gasteiger partial charge is 0.325 e. The molecule has 2 aromatic rings. The van der Waals surface area contributed by atoms with Gasteiger partial charge in [-0.3, -0.25) is 24.5 Å². The first-order valence-corrected chi connectivity index (χ1v) is 7.71. The second kappa shape index (κ2) is 8.72. The van der Waals surface area contributed by atoms with E-state index >= 15 is 0 Å². The van der Waals surface area contributed by atoms with Gasteiger partial charge in [-0.2, -0.15) is 0 Å². The van der Waals surface area contributed by atoms with Crippen LogP contribution in [-0.4, -0.2) is 35.7 Å². The van der Waals surface area contributed by atoms with Crippen LogP contribution in [0.25, 0.3) is 0 Å². The molecule has 0 saturated heterocycles. The van der Waals surface area contributed by atoms with Gasteiger partial charge in [0, 0.05) is 28.3 Å². The third-order valence-electron chi connectivity index (χ3n) is 3.24. The van der Waals surface area contributed by atoms with E-state index in [9.17, 15) is 24.5 Å². The number of Topliss-reactive ketones (excluding diaryl/α,β-unsaturated/α-hetero) is 1. The van der Waals surface area contributed by atoms with Crippen molar-refractivity contribution in [3.8, 4) is 0 Å². The topological polar surface area (TPSA) is 116 Å². The normalized spacial score (nSPS) is 10.0. The van der Waals surface area contributed by atoms with Gasteiger partial charge in [0.1, 0.15) is 6.54 Å². The zero-order valence-electron chi connectivity index (χ0n) is 13.3. The summed E-state index contributed by atoms with van der Waals surface area (Å²) in [5, 5.41) is 13.5. The molecule has 9 heteroatoms. The van der Waals surface area contributed by atoms with Gasteiger partial charge < -0.3 is 10.1 Å². The molecule has 134 valence electrons. The van der Waals surface area contributed by atoms with Gasteiger partial charge in [0.25, 0.3) is 11.6 Å². The molecular formula is C17H13ClN2O6. The summed E-state index contributed by atoms with van der Waals surface area (Å²) in [4.78, 5) is 45.4. The number of hydrogen-bond acceptors (Lipinski definition) is 6. The van der Waals surface area contributed by atoms with Crippen LogP contribution in [0.2, 0.25) is 5.02 Å². The molecule has 0 aliphatic rings. The summed E-state index contributed by atoms with van der Waals surface area (Å²) in [6.45, 7) is -1.01. The van der Waals surface area contributed by atoms with Crippen molar-refractivity contribution in [3.05, 3.63) is 74.8 Å². The average molecular weight is 377 g/mol. The van der Waals surface area contributed by atoms with E-state index in [0.717, 1.165) is 6.07 Å². The molecule has 0 aliphatic carbocycles. The highest BCUT2D eigenvalue weighted by Gasteiger charge is 2.14. The number of ketones is 1. The first kappa shape index (κ1) is 19.1.